The van der Waals surface area contributed by atoms with E-state index in [2.05, 4.69) is 119 Å². The van der Waals surface area contributed by atoms with Crippen molar-refractivity contribution in [2.75, 3.05) is 0 Å². The number of halogens is 2. The second-order valence-corrected chi connectivity index (χ2v) is 14.8. The van der Waals surface area contributed by atoms with Crippen LogP contribution in [-0.2, 0) is 27.3 Å². The molecule has 0 fully saturated rings. The number of hydrogen-bond donors (Lipinski definition) is 0. The van der Waals surface area contributed by atoms with Gasteiger partial charge in [-0.25, -0.2) is 0 Å². The van der Waals surface area contributed by atoms with Gasteiger partial charge in [-0.1, -0.05) is 105 Å². The summed E-state index contributed by atoms with van der Waals surface area (Å²) >= 11 is -0.826. The molecule has 0 unspecified atom stereocenters. The van der Waals surface area contributed by atoms with Crippen molar-refractivity contribution in [3.8, 4) is 22.3 Å². The van der Waals surface area contributed by atoms with E-state index in [1.807, 2.05) is 6.07 Å². The fourth-order valence-corrected chi connectivity index (χ4v) is 6.54. The zero-order chi connectivity index (χ0) is 27.1. The molecular formula is C34H32Cl2SiZr. The molecule has 38 heavy (non-hydrogen) atoms. The number of aryl methyl sites for hydroxylation is 2. The largest absolute Gasteiger partial charge is 0.184 e. The Hall–Kier alpha value is -1.83. The van der Waals surface area contributed by atoms with Gasteiger partial charge in [-0.3, -0.25) is 0 Å². The van der Waals surface area contributed by atoms with Crippen LogP contribution in [0.2, 0.25) is 0 Å². The average Bonchev–Trinajstić information content (AvgIpc) is 3.49. The van der Waals surface area contributed by atoms with Gasteiger partial charge in [-0.05, 0) is 23.5 Å². The van der Waals surface area contributed by atoms with Crippen LogP contribution in [0.4, 0.5) is 0 Å². The monoisotopic (exact) mass is 628 g/mol. The topological polar surface area (TPSA) is 0 Å². The minimum absolute atomic E-state index is 0.539. The Balaban J connectivity index is 0.000000177. The average molecular weight is 631 g/mol. The van der Waals surface area contributed by atoms with E-state index in [0.29, 0.717) is 5.92 Å². The Morgan fingerprint density at radius 1 is 0.895 bits per heavy atom. The molecule has 4 heteroatoms. The molecule has 190 valence electrons. The summed E-state index contributed by atoms with van der Waals surface area (Å²) in [6.07, 6.45) is 2.32. The first-order valence-corrected chi connectivity index (χ1v) is 20.4. The minimum Gasteiger partial charge on any atom is -0.184 e. The molecule has 0 N–H and O–H groups in total. The second kappa shape index (κ2) is 14.0. The van der Waals surface area contributed by atoms with Crippen molar-refractivity contribution < 1.29 is 20.8 Å². The summed E-state index contributed by atoms with van der Waals surface area (Å²) < 4.78 is 0. The molecule has 0 spiro atoms. The summed E-state index contributed by atoms with van der Waals surface area (Å²) in [6, 6.07) is 36.3. The molecular weight excluding hydrogens is 599 g/mol. The SMILES string of the molecule is CCCc1ccc2[cH-]c(C)cc2c1-c1ccccc1C(C)C.[Cl][Zr+2][Cl].[c-]1cccc2c1[Si]c1ccccc1-2. The van der Waals surface area contributed by atoms with Crippen LogP contribution in [-0.4, -0.2) is 9.52 Å². The summed E-state index contributed by atoms with van der Waals surface area (Å²) in [4.78, 5) is 0. The van der Waals surface area contributed by atoms with Crippen molar-refractivity contribution in [2.45, 2.75) is 46.5 Å². The number of hydrogen-bond acceptors (Lipinski definition) is 0. The molecule has 0 saturated heterocycles. The van der Waals surface area contributed by atoms with Crippen molar-refractivity contribution >= 4 is 47.7 Å². The molecule has 1 aliphatic rings. The molecule has 1 heterocycles. The van der Waals surface area contributed by atoms with Crippen molar-refractivity contribution in [3.63, 3.8) is 0 Å². The quantitative estimate of drug-likeness (QED) is 0.135. The molecule has 6 rings (SSSR count). The van der Waals surface area contributed by atoms with Crippen molar-refractivity contribution in [1.82, 2.24) is 0 Å². The number of rotatable bonds is 4. The van der Waals surface area contributed by atoms with E-state index in [0.717, 1.165) is 15.9 Å². The summed E-state index contributed by atoms with van der Waals surface area (Å²) in [6.45, 7) is 9.03. The van der Waals surface area contributed by atoms with E-state index in [1.165, 1.54) is 66.5 Å². The van der Waals surface area contributed by atoms with Crippen LogP contribution in [0.1, 0.15) is 49.8 Å². The molecule has 0 bridgehead atoms. The summed E-state index contributed by atoms with van der Waals surface area (Å²) in [5, 5.41) is 5.60. The van der Waals surface area contributed by atoms with E-state index in [1.54, 1.807) is 0 Å². The maximum absolute atomic E-state index is 4.93. The molecule has 5 aromatic carbocycles. The molecule has 0 atom stereocenters. The van der Waals surface area contributed by atoms with Crippen LogP contribution < -0.4 is 10.4 Å². The first-order valence-electron chi connectivity index (χ1n) is 13.1. The van der Waals surface area contributed by atoms with Crippen molar-refractivity contribution in [3.05, 3.63) is 114 Å². The third-order valence-corrected chi connectivity index (χ3v) is 8.19. The second-order valence-electron chi connectivity index (χ2n) is 9.83. The standard InChI is InChI=1S/C22H25.C12H7Si.2ClH.Zr/c1-5-8-17-11-12-18-13-16(4)14-21(18)22(17)20-10-7-6-9-19(20)15(2)3;1-3-7-11-9(5-1)10-6-2-4-8-12(10)13-11;;;/h6-7,9-15H,5,8H2,1-4H3;1-7H;2*1H;/q2*-1;;;+4/p-2. The van der Waals surface area contributed by atoms with Gasteiger partial charge in [0.05, 0.1) is 9.52 Å². The fraction of sp³-hybridized carbons (Fsp3) is 0.206. The molecule has 1 aliphatic heterocycles. The Morgan fingerprint density at radius 3 is 2.32 bits per heavy atom. The maximum atomic E-state index is 4.93. The van der Waals surface area contributed by atoms with Gasteiger partial charge >= 0.3 is 37.9 Å². The molecule has 2 radical (unpaired) electrons. The maximum Gasteiger partial charge on any atom is 0.0920 e. The number of fused-ring (bicyclic) bond motifs is 4. The third-order valence-electron chi connectivity index (χ3n) is 6.83. The van der Waals surface area contributed by atoms with Gasteiger partial charge in [0.1, 0.15) is 0 Å². The summed E-state index contributed by atoms with van der Waals surface area (Å²) in [7, 11) is 10.7. The van der Waals surface area contributed by atoms with Crippen LogP contribution in [0.5, 0.6) is 0 Å². The van der Waals surface area contributed by atoms with Crippen LogP contribution in [0.3, 0.4) is 0 Å². The van der Waals surface area contributed by atoms with Gasteiger partial charge in [0.25, 0.3) is 0 Å². The molecule has 0 saturated carbocycles. The van der Waals surface area contributed by atoms with Crippen LogP contribution in [0.25, 0.3) is 33.0 Å². The van der Waals surface area contributed by atoms with Gasteiger partial charge in [-0.2, -0.15) is 35.5 Å². The Bertz CT molecular complexity index is 1460. The van der Waals surface area contributed by atoms with E-state index >= 15 is 0 Å². The zero-order valence-electron chi connectivity index (χ0n) is 22.4. The first-order chi connectivity index (χ1) is 18.5. The minimum atomic E-state index is -0.826. The van der Waals surface area contributed by atoms with Crippen molar-refractivity contribution in [2.24, 2.45) is 0 Å². The van der Waals surface area contributed by atoms with Gasteiger partial charge in [0.15, 0.2) is 0 Å². The first kappa shape index (κ1) is 29.2. The van der Waals surface area contributed by atoms with Crippen molar-refractivity contribution in [1.29, 1.82) is 0 Å². The molecule has 0 aromatic heterocycles. The molecule has 0 nitrogen and oxygen atoms in total. The summed E-state index contributed by atoms with van der Waals surface area (Å²) in [5.74, 6) is 0.539. The normalized spacial score (nSPS) is 11.1. The van der Waals surface area contributed by atoms with E-state index in [9.17, 15) is 0 Å². The zero-order valence-corrected chi connectivity index (χ0v) is 27.4. The Morgan fingerprint density at radius 2 is 1.58 bits per heavy atom. The Kier molecular flexibility index (Phi) is 10.7. The van der Waals surface area contributed by atoms with Crippen LogP contribution >= 0.6 is 17.0 Å². The van der Waals surface area contributed by atoms with Gasteiger partial charge in [0.2, 0.25) is 0 Å². The van der Waals surface area contributed by atoms with Crippen LogP contribution in [0, 0.1) is 13.0 Å². The smallest absolute Gasteiger partial charge is 0.0920 e. The third kappa shape index (κ3) is 6.65. The molecule has 0 aliphatic carbocycles. The van der Waals surface area contributed by atoms with Gasteiger partial charge in [-0.15, -0.1) is 40.1 Å². The van der Waals surface area contributed by atoms with E-state index in [-0.39, 0.29) is 0 Å². The van der Waals surface area contributed by atoms with Gasteiger partial charge in [0, 0.05) is 0 Å². The Labute approximate surface area is 249 Å². The summed E-state index contributed by atoms with van der Waals surface area (Å²) in [5.41, 5.74) is 9.92. The molecule has 0 amide bonds. The predicted octanol–water partition coefficient (Wildman–Crippen LogP) is 9.11. The van der Waals surface area contributed by atoms with E-state index < -0.39 is 20.8 Å². The number of benzene rings is 4. The fourth-order valence-electron chi connectivity index (χ4n) is 5.23. The van der Waals surface area contributed by atoms with Gasteiger partial charge < -0.3 is 0 Å². The molecule has 5 aromatic rings. The predicted molar refractivity (Wildman–Crippen MR) is 165 cm³/mol. The van der Waals surface area contributed by atoms with E-state index in [4.69, 9.17) is 17.0 Å². The van der Waals surface area contributed by atoms with Crippen LogP contribution in [0.15, 0.2) is 91.0 Å².